The minimum Gasteiger partial charge on any atom is -0.370 e. The Morgan fingerprint density at radius 3 is 0.702 bits per heavy atom. The van der Waals surface area contributed by atoms with Gasteiger partial charge in [0, 0.05) is 89.6 Å². The number of hydrogen-bond acceptors (Lipinski definition) is 25. The van der Waals surface area contributed by atoms with E-state index < -0.39 is 198 Å². The first kappa shape index (κ1) is 115. The topological polar surface area (TPSA) is 976 Å². The molecule has 0 aromatic heterocycles. The van der Waals surface area contributed by atoms with Gasteiger partial charge in [-0.3, -0.25) is 116 Å². The number of carbonyl (C=O) groups is 14. The third kappa shape index (κ3) is 53.9. The van der Waals surface area contributed by atoms with Crippen molar-refractivity contribution in [3.05, 3.63) is 35.4 Å². The Morgan fingerprint density at radius 2 is 0.504 bits per heavy atom. The first-order valence-electron chi connectivity index (χ1n) is 42.4. The molecule has 0 bridgehead atoms. The van der Waals surface area contributed by atoms with Crippen LogP contribution >= 0.6 is 12.6 Å². The zero-order valence-electron chi connectivity index (χ0n) is 73.8. The van der Waals surface area contributed by atoms with Gasteiger partial charge >= 0.3 is 0 Å². The van der Waals surface area contributed by atoms with Crippen molar-refractivity contribution in [2.45, 2.75) is 209 Å². The molecule has 0 heterocycles. The lowest BCUT2D eigenvalue weighted by atomic mass is 10.0. The molecule has 56 heteroatoms. The molecule has 0 unspecified atom stereocenters. The van der Waals surface area contributed by atoms with Gasteiger partial charge in [-0.05, 0) is 128 Å². The van der Waals surface area contributed by atoms with Gasteiger partial charge in [0.25, 0.3) is 0 Å². The van der Waals surface area contributed by atoms with E-state index in [4.69, 9.17) is 111 Å². The maximum atomic E-state index is 15.1. The third-order valence-electron chi connectivity index (χ3n) is 19.0. The molecule has 50 N–H and O–H groups in total. The van der Waals surface area contributed by atoms with Crippen molar-refractivity contribution in [3.8, 4) is 0 Å². The Morgan fingerprint density at radius 1 is 0.290 bits per heavy atom. The molecule has 734 valence electrons. The number of nitrogens with one attached hydrogen (secondary N) is 30. The highest BCUT2D eigenvalue weighted by Gasteiger charge is 2.37. The van der Waals surface area contributed by atoms with E-state index in [1.165, 1.54) is 6.92 Å². The number of ether oxygens (including phenoxy) is 1. The third-order valence-corrected chi connectivity index (χ3v) is 19.3. The highest BCUT2D eigenvalue weighted by Crippen LogP contribution is 2.14. The normalized spacial score (nSPS) is 13.2. The minimum atomic E-state index is -1.66. The van der Waals surface area contributed by atoms with Crippen molar-refractivity contribution in [2.75, 3.05) is 84.4 Å². The Bertz CT molecular complexity index is 4000. The molecule has 0 fully saturated rings. The number of guanidine groups is 9. The van der Waals surface area contributed by atoms with Crippen LogP contribution in [0.15, 0.2) is 24.3 Å². The summed E-state index contributed by atoms with van der Waals surface area (Å²) in [5, 5.41) is 124. The molecule has 0 aliphatic carbocycles. The molecule has 0 radical (unpaired) electrons. The number of nitrogens with two attached hydrogens (primary N) is 10. The fourth-order valence-corrected chi connectivity index (χ4v) is 12.5. The van der Waals surface area contributed by atoms with Gasteiger partial charge in [-0.2, -0.15) is 12.6 Å². The molecule has 13 amide bonds. The second kappa shape index (κ2) is 65.3. The lowest BCUT2D eigenvalue weighted by molar-refractivity contribution is -0.136. The standard InChI is InChI=1S/C75H138N40O15S/c1-3-54(117)105-43(13-4-26-96-67(77)78)58(121)107-44(14-5-27-97-68(79)80)59(122)108-45(15-6-28-98-69(81)82)60(123)109-46(16-7-29-99-70(83)84)61(124)110-47(17-8-30-100-71(85)86)62(125)111-48(18-9-31-101-72(87)88)63(126)112-49(19-10-32-102-73(89)90)64(127)113-50(20-11-33-103-74(91)92)65(128)114-51(21-12-34-104-75(93)94)66(129)115-53(39-131)57(120)95-35-36-130-38-55(118)106-52(56(76)119)37-41-22-24-42(25-23-41)40(2)116/h22-25,43-53,131H,3-21,26-39H2,1-2H3,(H2,76,119)(H,95,120)(H,105,117)(H,106,118)(H,107,121)(H,108,122)(H,109,123)(H,110,124)(H,111,125)(H,112,126)(H,113,127)(H,114,128)(H,115,129)(H4,77,78,96)(H4,79,80,97)(H4,81,82,98)(H4,83,84,99)(H4,85,86,100)(H4,87,88,101)(H4,89,90,102)(H4,91,92,103)(H4,93,94,104)/t43-,44-,45-,46-,47-,48-,49-,50-,51-,52+,53-/m1/s1. The van der Waals surface area contributed by atoms with Crippen molar-refractivity contribution >= 4 is 149 Å². The van der Waals surface area contributed by atoms with Gasteiger partial charge < -0.3 is 174 Å². The van der Waals surface area contributed by atoms with Crippen LogP contribution in [0.1, 0.15) is 152 Å². The summed E-state index contributed by atoms with van der Waals surface area (Å²) < 4.78 is 5.42. The monoisotopic (exact) mass is 1870 g/mol. The number of thiol groups is 1. The number of ketones is 1. The van der Waals surface area contributed by atoms with Crippen LogP contribution in [0.2, 0.25) is 0 Å². The number of carbonyl (C=O) groups excluding carboxylic acids is 14. The largest absolute Gasteiger partial charge is 0.370 e. The molecule has 1 aromatic rings. The lowest BCUT2D eigenvalue weighted by Gasteiger charge is -2.29. The smallest absolute Gasteiger partial charge is 0.246 e. The molecule has 0 aliphatic rings. The number of Topliss-reactive ketones (excluding diaryl/α,β-unsaturated/α-hetero) is 1. The summed E-state index contributed by atoms with van der Waals surface area (Å²) >= 11 is 4.27. The van der Waals surface area contributed by atoms with Crippen LogP contribution in [0.4, 0.5) is 0 Å². The van der Waals surface area contributed by atoms with Crippen molar-refractivity contribution in [3.63, 3.8) is 0 Å². The van der Waals surface area contributed by atoms with Crippen LogP contribution in [0.3, 0.4) is 0 Å². The minimum absolute atomic E-state index is 0.00285. The highest BCUT2D eigenvalue weighted by molar-refractivity contribution is 7.80. The van der Waals surface area contributed by atoms with Gasteiger partial charge in [0.15, 0.2) is 59.4 Å². The van der Waals surface area contributed by atoms with E-state index in [-0.39, 0.29) is 218 Å². The summed E-state index contributed by atoms with van der Waals surface area (Å²) in [5.41, 5.74) is 56.6. The summed E-state index contributed by atoms with van der Waals surface area (Å²) in [7, 11) is 0. The molecule has 1 rings (SSSR count). The average Bonchev–Trinajstić information content (AvgIpc) is 0.841. The summed E-state index contributed by atoms with van der Waals surface area (Å²) in [6, 6.07) is -10.1. The number of hydrogen-bond donors (Lipinski definition) is 41. The molecule has 11 atom stereocenters. The van der Waals surface area contributed by atoms with E-state index in [2.05, 4.69) is 124 Å². The Hall–Kier alpha value is -14.3. The van der Waals surface area contributed by atoms with E-state index in [9.17, 15) is 52.7 Å². The van der Waals surface area contributed by atoms with E-state index in [0.717, 1.165) is 0 Å². The summed E-state index contributed by atoms with van der Waals surface area (Å²) in [6.45, 7) is 1.71. The maximum absolute atomic E-state index is 15.1. The first-order valence-corrected chi connectivity index (χ1v) is 43.0. The number of primary amides is 1. The van der Waals surface area contributed by atoms with Crippen LogP contribution in [0.25, 0.3) is 0 Å². The molecule has 0 saturated carbocycles. The zero-order valence-corrected chi connectivity index (χ0v) is 74.7. The first-order chi connectivity index (χ1) is 62.0. The number of benzene rings is 1. The van der Waals surface area contributed by atoms with Crippen LogP contribution in [-0.4, -0.2) is 287 Å². The highest BCUT2D eigenvalue weighted by atomic mass is 32.1. The Labute approximate surface area is 763 Å². The fraction of sp³-hybridized carbons (Fsp3) is 0.613. The zero-order chi connectivity index (χ0) is 98.5. The Balaban J connectivity index is 4.00. The predicted molar refractivity (Wildman–Crippen MR) is 491 cm³/mol. The molecule has 1 aromatic carbocycles. The molecule has 55 nitrogen and oxygen atoms in total. The quantitative estimate of drug-likeness (QED) is 0.00947. The van der Waals surface area contributed by atoms with Crippen LogP contribution in [-0.2, 0) is 73.5 Å². The van der Waals surface area contributed by atoms with Crippen LogP contribution in [0.5, 0.6) is 0 Å². The van der Waals surface area contributed by atoms with Crippen LogP contribution in [0, 0.1) is 48.7 Å². The van der Waals surface area contributed by atoms with Gasteiger partial charge in [-0.15, -0.1) is 0 Å². The van der Waals surface area contributed by atoms with Gasteiger partial charge in [0.1, 0.15) is 73.1 Å². The van der Waals surface area contributed by atoms with E-state index in [1.54, 1.807) is 31.2 Å². The van der Waals surface area contributed by atoms with Gasteiger partial charge in [-0.1, -0.05) is 31.2 Å². The van der Waals surface area contributed by atoms with Crippen molar-refractivity contribution < 1.29 is 71.9 Å². The summed E-state index contributed by atoms with van der Waals surface area (Å²) in [6.07, 6.45) is -1.76. The molecular formula is C75H138N40O15S. The molecule has 0 saturated heterocycles. The second-order valence-corrected chi connectivity index (χ2v) is 30.2. The van der Waals surface area contributed by atoms with E-state index in [1.807, 2.05) is 0 Å². The van der Waals surface area contributed by atoms with Gasteiger partial charge in [-0.25, -0.2) is 0 Å². The van der Waals surface area contributed by atoms with E-state index >= 15 is 14.4 Å². The predicted octanol–water partition coefficient (Wildman–Crippen LogP) is -11.9. The van der Waals surface area contributed by atoms with Crippen LogP contribution < -0.4 is 169 Å². The maximum Gasteiger partial charge on any atom is 0.246 e. The van der Waals surface area contributed by atoms with Crippen molar-refractivity contribution in [1.29, 1.82) is 48.7 Å². The average molecular weight is 1870 g/mol. The molecule has 131 heavy (non-hydrogen) atoms. The summed E-state index contributed by atoms with van der Waals surface area (Å²) in [4.78, 5) is 196. The Kier molecular flexibility index (Phi) is 57.2. The molecule has 0 spiro atoms. The van der Waals surface area contributed by atoms with Gasteiger partial charge in [0.05, 0.1) is 6.61 Å². The van der Waals surface area contributed by atoms with Crippen molar-refractivity contribution in [2.24, 2.45) is 57.3 Å². The number of amides is 13. The summed E-state index contributed by atoms with van der Waals surface area (Å²) in [5.74, 6) is -16.2. The van der Waals surface area contributed by atoms with Crippen molar-refractivity contribution in [1.82, 2.24) is 112 Å². The van der Waals surface area contributed by atoms with E-state index in [0.29, 0.717) is 11.1 Å². The van der Waals surface area contributed by atoms with Gasteiger partial charge in [0.2, 0.25) is 76.8 Å². The lowest BCUT2D eigenvalue weighted by Crippen LogP contribution is -2.61. The fourth-order valence-electron chi connectivity index (χ4n) is 12.2. The SMILES string of the molecule is CCC(=O)N[C@H](CCCNC(=N)N)C(=O)N[C@H](CCCNC(=N)N)C(=O)N[C@H](CCCNC(=N)N)C(=O)N[C@H](CCCNC(=N)N)C(=O)N[C@H](CCCNC(=N)N)C(=O)N[C@H](CCCNC(=N)N)C(=O)N[C@H](CCCNC(=N)N)C(=O)N[C@H](CCCNC(=N)N)C(=O)N[C@H](CCCNC(=N)N)C(=O)N[C@H](CS)C(=O)NCCOCC(=O)N[C@@H](Cc1ccc(C(C)=O)cc1)C(N)=O. The molecular weight excluding hydrogens is 1730 g/mol. The second-order valence-electron chi connectivity index (χ2n) is 29.9. The number of rotatable bonds is 68. The molecule has 0 aliphatic heterocycles.